The second kappa shape index (κ2) is 9.05. The maximum absolute atomic E-state index is 14.1. The van der Waals surface area contributed by atoms with E-state index in [2.05, 4.69) is 15.4 Å². The number of amides is 2. The molecule has 0 saturated heterocycles. The van der Waals surface area contributed by atoms with E-state index in [1.54, 1.807) is 6.92 Å². The monoisotopic (exact) mass is 499 g/mol. The van der Waals surface area contributed by atoms with Gasteiger partial charge in [-0.2, -0.15) is 31.8 Å². The first-order chi connectivity index (χ1) is 15.5. The Kier molecular flexibility index (Phi) is 6.69. The van der Waals surface area contributed by atoms with Crippen LogP contribution in [0, 0.1) is 18.6 Å². The molecule has 3 aromatic rings. The topological polar surface area (TPSA) is 80.1 Å². The minimum Gasteiger partial charge on any atom is -0.320 e. The average Bonchev–Trinajstić information content (AvgIpc) is 3.19. The Balaban J connectivity index is 0.00000324. The van der Waals surface area contributed by atoms with Gasteiger partial charge in [0.2, 0.25) is 0 Å². The Labute approximate surface area is 197 Å². The van der Waals surface area contributed by atoms with Gasteiger partial charge >= 0.3 is 6.18 Å². The number of alkyl halides is 3. The van der Waals surface area contributed by atoms with Gasteiger partial charge in [0.1, 0.15) is 17.3 Å². The smallest absolute Gasteiger partial charge is 0.320 e. The van der Waals surface area contributed by atoms with Crippen LogP contribution in [0.1, 0.15) is 44.9 Å². The van der Waals surface area contributed by atoms with Gasteiger partial charge in [-0.15, -0.1) is 0 Å². The molecule has 3 heterocycles. The van der Waals surface area contributed by atoms with Crippen molar-refractivity contribution in [3.8, 4) is 0 Å². The van der Waals surface area contributed by atoms with Crippen molar-refractivity contribution in [2.24, 2.45) is 0 Å². The van der Waals surface area contributed by atoms with Gasteiger partial charge in [-0.3, -0.25) is 19.3 Å². The lowest BCUT2D eigenvalue weighted by Crippen LogP contribution is -2.43. The fourth-order valence-corrected chi connectivity index (χ4v) is 3.57. The number of nitrogens with one attached hydrogen (secondary N) is 1. The van der Waals surface area contributed by atoms with E-state index in [4.69, 9.17) is 0 Å². The summed E-state index contributed by atoms with van der Waals surface area (Å²) in [6.45, 7) is 3.11. The summed E-state index contributed by atoms with van der Waals surface area (Å²) in [5.74, 6) is -3.66. The lowest BCUT2D eigenvalue weighted by atomic mass is 10.1. The van der Waals surface area contributed by atoms with Crippen LogP contribution < -0.4 is 10.2 Å². The summed E-state index contributed by atoms with van der Waals surface area (Å²) >= 11 is 0. The highest BCUT2D eigenvalue weighted by atomic mass is 32.1. The summed E-state index contributed by atoms with van der Waals surface area (Å²) in [6, 6.07) is 1.70. The molecule has 1 aliphatic heterocycles. The van der Waals surface area contributed by atoms with E-state index in [0.29, 0.717) is 12.1 Å². The highest BCUT2D eigenvalue weighted by Gasteiger charge is 2.37. The van der Waals surface area contributed by atoms with Gasteiger partial charge in [-0.25, -0.2) is 8.78 Å². The van der Waals surface area contributed by atoms with Gasteiger partial charge in [-0.05, 0) is 32.0 Å². The predicted molar refractivity (Wildman–Crippen MR) is 117 cm³/mol. The van der Waals surface area contributed by atoms with Crippen molar-refractivity contribution in [2.75, 3.05) is 16.8 Å². The van der Waals surface area contributed by atoms with E-state index < -0.39 is 41.2 Å². The SMILES string of the molecule is Cc1c(F)cncc1NC(=O)c1cnn2c1C(=O)N(c1ccc(C(F)(F)F)c(F)c1)C[C@@H]2C.S. The molecule has 0 fully saturated rings. The molecule has 0 spiro atoms. The first kappa shape index (κ1) is 25.1. The van der Waals surface area contributed by atoms with Gasteiger partial charge < -0.3 is 10.2 Å². The predicted octanol–water partition coefficient (Wildman–Crippen LogP) is 4.47. The third-order valence-electron chi connectivity index (χ3n) is 5.32. The number of fused-ring (bicyclic) bond motifs is 1. The minimum absolute atomic E-state index is 0. The van der Waals surface area contributed by atoms with Gasteiger partial charge in [0.25, 0.3) is 11.8 Å². The van der Waals surface area contributed by atoms with E-state index in [1.165, 1.54) is 17.8 Å². The van der Waals surface area contributed by atoms with E-state index in [0.717, 1.165) is 23.4 Å². The molecular weight excluding hydrogens is 481 g/mol. The molecule has 2 amide bonds. The number of hydrogen-bond acceptors (Lipinski definition) is 4. The molecule has 1 aromatic carbocycles. The molecule has 0 bridgehead atoms. The Morgan fingerprint density at radius 1 is 1.15 bits per heavy atom. The van der Waals surface area contributed by atoms with Crippen molar-refractivity contribution in [3.05, 3.63) is 70.8 Å². The first-order valence-electron chi connectivity index (χ1n) is 9.66. The molecule has 0 aliphatic carbocycles. The van der Waals surface area contributed by atoms with Crippen molar-refractivity contribution in [2.45, 2.75) is 26.1 Å². The second-order valence-electron chi connectivity index (χ2n) is 7.53. The number of pyridine rings is 1. The van der Waals surface area contributed by atoms with Crippen LogP contribution >= 0.6 is 13.5 Å². The summed E-state index contributed by atoms with van der Waals surface area (Å²) in [6.07, 6.45) is -1.49. The highest BCUT2D eigenvalue weighted by molar-refractivity contribution is 7.59. The first-order valence-corrected chi connectivity index (χ1v) is 9.66. The Hall–Kier alpha value is -3.48. The Bertz CT molecular complexity index is 1280. The molecule has 0 radical (unpaired) electrons. The van der Waals surface area contributed by atoms with Crippen molar-refractivity contribution in [1.82, 2.24) is 14.8 Å². The normalized spacial score (nSPS) is 15.6. The van der Waals surface area contributed by atoms with E-state index >= 15 is 0 Å². The van der Waals surface area contributed by atoms with Gasteiger partial charge in [0, 0.05) is 17.8 Å². The van der Waals surface area contributed by atoms with Crippen LogP contribution in [0.5, 0.6) is 0 Å². The summed E-state index contributed by atoms with van der Waals surface area (Å²) < 4.78 is 67.8. The maximum atomic E-state index is 14.1. The average molecular weight is 499 g/mol. The van der Waals surface area contributed by atoms with Crippen LogP contribution in [0.25, 0.3) is 0 Å². The summed E-state index contributed by atoms with van der Waals surface area (Å²) in [5, 5.41) is 6.55. The fourth-order valence-electron chi connectivity index (χ4n) is 3.57. The molecule has 180 valence electrons. The number of hydrogen-bond donors (Lipinski definition) is 1. The Morgan fingerprint density at radius 2 is 1.85 bits per heavy atom. The van der Waals surface area contributed by atoms with Crippen LogP contribution in [0.3, 0.4) is 0 Å². The van der Waals surface area contributed by atoms with Crippen LogP contribution in [0.4, 0.5) is 33.3 Å². The van der Waals surface area contributed by atoms with Crippen molar-refractivity contribution in [1.29, 1.82) is 0 Å². The number of carbonyl (C=O) groups is 2. The molecule has 7 nitrogen and oxygen atoms in total. The lowest BCUT2D eigenvalue weighted by molar-refractivity contribution is -0.139. The van der Waals surface area contributed by atoms with Crippen molar-refractivity contribution < 1.29 is 31.5 Å². The zero-order valence-corrected chi connectivity index (χ0v) is 18.7. The minimum atomic E-state index is -4.88. The van der Waals surface area contributed by atoms with Crippen LogP contribution in [-0.2, 0) is 6.18 Å². The summed E-state index contributed by atoms with van der Waals surface area (Å²) in [7, 11) is 0. The number of halogens is 5. The van der Waals surface area contributed by atoms with Crippen molar-refractivity contribution >= 4 is 36.7 Å². The lowest BCUT2D eigenvalue weighted by Gasteiger charge is -2.32. The highest BCUT2D eigenvalue weighted by Crippen LogP contribution is 2.35. The zero-order chi connectivity index (χ0) is 24.1. The fraction of sp³-hybridized carbons (Fsp3) is 0.238. The van der Waals surface area contributed by atoms with Gasteiger partial charge in [0.15, 0.2) is 0 Å². The van der Waals surface area contributed by atoms with Crippen LogP contribution in [0.15, 0.2) is 36.8 Å². The standard InChI is InChI=1S/C21H16F5N5O2.H2S/c1-10-9-30(12-3-4-14(15(22)5-12)21(24,25)26)20(33)18-13(6-28-31(10)18)19(32)29-17-8-27-7-16(23)11(17)2;/h3-8,10H,9H2,1-2H3,(H,29,32);1H2/t10-;/m0./s1. The molecule has 1 N–H and O–H groups in total. The number of carbonyl (C=O) groups excluding carboxylic acids is 2. The number of rotatable bonds is 3. The van der Waals surface area contributed by atoms with Crippen LogP contribution in [0.2, 0.25) is 0 Å². The van der Waals surface area contributed by atoms with Crippen LogP contribution in [-0.4, -0.2) is 33.1 Å². The van der Waals surface area contributed by atoms with Crippen molar-refractivity contribution in [3.63, 3.8) is 0 Å². The molecule has 0 unspecified atom stereocenters. The maximum Gasteiger partial charge on any atom is 0.419 e. The van der Waals surface area contributed by atoms with Gasteiger partial charge in [0.05, 0.1) is 41.4 Å². The summed E-state index contributed by atoms with van der Waals surface area (Å²) in [5.41, 5.74) is -1.57. The van der Waals surface area contributed by atoms with E-state index in [1.807, 2.05) is 0 Å². The summed E-state index contributed by atoms with van der Waals surface area (Å²) in [4.78, 5) is 30.8. The molecule has 2 aromatic heterocycles. The number of benzene rings is 1. The second-order valence-corrected chi connectivity index (χ2v) is 7.53. The molecular formula is C21H18F5N5O2S. The van der Waals surface area contributed by atoms with Gasteiger partial charge in [-0.1, -0.05) is 0 Å². The van der Waals surface area contributed by atoms with E-state index in [-0.39, 0.29) is 48.2 Å². The number of nitrogens with zero attached hydrogens (tertiary/aromatic N) is 4. The Morgan fingerprint density at radius 3 is 2.50 bits per heavy atom. The largest absolute Gasteiger partial charge is 0.419 e. The van der Waals surface area contributed by atoms with E-state index in [9.17, 15) is 31.5 Å². The molecule has 0 saturated carbocycles. The zero-order valence-electron chi connectivity index (χ0n) is 17.7. The molecule has 13 heteroatoms. The number of anilines is 2. The quantitative estimate of drug-likeness (QED) is 0.540. The number of aromatic nitrogens is 3. The third-order valence-corrected chi connectivity index (χ3v) is 5.32. The molecule has 4 rings (SSSR count). The molecule has 1 aliphatic rings. The molecule has 34 heavy (non-hydrogen) atoms. The third kappa shape index (κ3) is 4.34. The molecule has 1 atom stereocenters.